The van der Waals surface area contributed by atoms with Crippen molar-refractivity contribution >= 4 is 16.3 Å². The van der Waals surface area contributed by atoms with E-state index in [9.17, 15) is 13.2 Å². The van der Waals surface area contributed by atoms with Crippen LogP contribution >= 0.6 is 11.3 Å². The molecule has 23 heavy (non-hydrogen) atoms. The minimum atomic E-state index is -4.44. The Morgan fingerprint density at radius 3 is 2.65 bits per heavy atom. The van der Waals surface area contributed by atoms with Crippen LogP contribution in [0.25, 0.3) is 10.6 Å². The van der Waals surface area contributed by atoms with Gasteiger partial charge in [0.15, 0.2) is 0 Å². The average molecular weight is 347 g/mol. The number of aromatic nitrogens is 2. The summed E-state index contributed by atoms with van der Waals surface area (Å²) in [6, 6.07) is 3.63. The van der Waals surface area contributed by atoms with Gasteiger partial charge in [0.1, 0.15) is 16.6 Å². The molecule has 5 nitrogen and oxygen atoms in total. The Morgan fingerprint density at radius 2 is 2.09 bits per heavy atom. The molecule has 0 saturated heterocycles. The molecule has 126 valence electrons. The smallest absolute Gasteiger partial charge is 0.336 e. The van der Waals surface area contributed by atoms with Crippen LogP contribution in [0, 0.1) is 6.92 Å². The molecule has 1 unspecified atom stereocenters. The minimum absolute atomic E-state index is 0.565. The first-order valence-corrected chi connectivity index (χ1v) is 7.46. The summed E-state index contributed by atoms with van der Waals surface area (Å²) >= 11 is 1.28. The van der Waals surface area contributed by atoms with Crippen LogP contribution in [-0.4, -0.2) is 35.8 Å². The third-order valence-electron chi connectivity index (χ3n) is 2.95. The lowest BCUT2D eigenvalue weighted by Gasteiger charge is -2.29. The first kappa shape index (κ1) is 17.6. The molecule has 9 heteroatoms. The molecule has 0 spiro atoms. The number of nitrogens with one attached hydrogen (secondary N) is 1. The van der Waals surface area contributed by atoms with Crippen LogP contribution in [0.3, 0.4) is 0 Å². The van der Waals surface area contributed by atoms with Crippen molar-refractivity contribution in [3.8, 4) is 10.6 Å². The van der Waals surface area contributed by atoms with Gasteiger partial charge >= 0.3 is 6.18 Å². The maximum atomic E-state index is 12.3. The Hall–Kier alpha value is -1.71. The number of ether oxygens (including phenoxy) is 2. The van der Waals surface area contributed by atoms with Crippen molar-refractivity contribution in [3.05, 3.63) is 30.2 Å². The molecule has 2 aromatic heterocycles. The molecular weight excluding hydrogens is 331 g/mol. The molecule has 0 bridgehead atoms. The predicted octanol–water partition coefficient (Wildman–Crippen LogP) is 3.82. The van der Waals surface area contributed by atoms with Gasteiger partial charge in [-0.05, 0) is 19.1 Å². The van der Waals surface area contributed by atoms with Gasteiger partial charge in [0, 0.05) is 32.0 Å². The summed E-state index contributed by atoms with van der Waals surface area (Å²) in [5.74, 6) is -1.61. The average Bonchev–Trinajstić information content (AvgIpc) is 2.86. The van der Waals surface area contributed by atoms with Crippen LogP contribution < -0.4 is 5.32 Å². The fourth-order valence-corrected chi connectivity index (χ4v) is 2.74. The topological polar surface area (TPSA) is 56.3 Å². The highest BCUT2D eigenvalue weighted by atomic mass is 32.1. The van der Waals surface area contributed by atoms with Crippen molar-refractivity contribution in [2.45, 2.75) is 25.9 Å². The van der Waals surface area contributed by atoms with E-state index in [4.69, 9.17) is 9.47 Å². The Balaban J connectivity index is 2.16. The highest BCUT2D eigenvalue weighted by Crippen LogP contribution is 2.33. The third kappa shape index (κ3) is 4.88. The Labute approximate surface area is 135 Å². The van der Waals surface area contributed by atoms with Crippen LogP contribution in [0.2, 0.25) is 0 Å². The molecule has 0 radical (unpaired) electrons. The van der Waals surface area contributed by atoms with E-state index in [1.165, 1.54) is 25.4 Å². The zero-order valence-electron chi connectivity index (χ0n) is 12.8. The molecule has 0 amide bonds. The fraction of sp³-hybridized carbons (Fsp3) is 0.429. The molecule has 0 aliphatic rings. The molecule has 1 atom stereocenters. The van der Waals surface area contributed by atoms with Gasteiger partial charge in [-0.3, -0.25) is 4.98 Å². The highest BCUT2D eigenvalue weighted by Gasteiger charge is 2.35. The van der Waals surface area contributed by atoms with E-state index in [-0.39, 0.29) is 0 Å². The van der Waals surface area contributed by atoms with Gasteiger partial charge in [-0.15, -0.1) is 0 Å². The SMILES string of the molecule is COC(C)(Nc1sc(-c2cccnc2)nc1C)OCC(F)(F)F. The zero-order valence-corrected chi connectivity index (χ0v) is 13.6. The molecule has 0 saturated carbocycles. The number of methoxy groups -OCH3 is 1. The summed E-state index contributed by atoms with van der Waals surface area (Å²) in [6.45, 7) is 1.71. The summed E-state index contributed by atoms with van der Waals surface area (Å²) in [5.41, 5.74) is 1.46. The van der Waals surface area contributed by atoms with Gasteiger partial charge in [-0.1, -0.05) is 11.3 Å². The lowest BCUT2D eigenvalue weighted by atomic mass is 10.3. The normalized spacial score (nSPS) is 14.5. The summed E-state index contributed by atoms with van der Waals surface area (Å²) in [5, 5.41) is 4.09. The molecule has 1 N–H and O–H groups in total. The Kier molecular flexibility index (Phi) is 5.23. The fourth-order valence-electron chi connectivity index (χ4n) is 1.70. The number of alkyl halides is 3. The highest BCUT2D eigenvalue weighted by molar-refractivity contribution is 7.19. The van der Waals surface area contributed by atoms with Crippen LogP contribution in [0.5, 0.6) is 0 Å². The summed E-state index contributed by atoms with van der Waals surface area (Å²) < 4.78 is 46.9. The van der Waals surface area contributed by atoms with E-state index < -0.39 is 18.7 Å². The Bertz CT molecular complexity index is 648. The largest absolute Gasteiger partial charge is 0.411 e. The quantitative estimate of drug-likeness (QED) is 0.805. The van der Waals surface area contributed by atoms with E-state index in [2.05, 4.69) is 15.3 Å². The number of pyridine rings is 1. The second-order valence-electron chi connectivity index (χ2n) is 4.85. The molecule has 2 heterocycles. The van der Waals surface area contributed by atoms with Crippen LogP contribution in [0.4, 0.5) is 18.2 Å². The summed E-state index contributed by atoms with van der Waals surface area (Å²) in [4.78, 5) is 8.41. The number of anilines is 1. The number of halogens is 3. The second-order valence-corrected chi connectivity index (χ2v) is 5.85. The van der Waals surface area contributed by atoms with Crippen molar-refractivity contribution in [1.29, 1.82) is 0 Å². The molecule has 0 aliphatic heterocycles. The van der Waals surface area contributed by atoms with Crippen LogP contribution in [0.15, 0.2) is 24.5 Å². The minimum Gasteiger partial charge on any atom is -0.336 e. The third-order valence-corrected chi connectivity index (χ3v) is 4.07. The van der Waals surface area contributed by atoms with Crippen LogP contribution in [-0.2, 0) is 9.47 Å². The van der Waals surface area contributed by atoms with Crippen molar-refractivity contribution in [2.24, 2.45) is 0 Å². The summed E-state index contributed by atoms with van der Waals surface area (Å²) in [7, 11) is 1.27. The number of hydrogen-bond acceptors (Lipinski definition) is 6. The van der Waals surface area contributed by atoms with Gasteiger partial charge in [-0.25, -0.2) is 4.98 Å². The van der Waals surface area contributed by atoms with Gasteiger partial charge in [-0.2, -0.15) is 13.2 Å². The Morgan fingerprint density at radius 1 is 1.35 bits per heavy atom. The van der Waals surface area contributed by atoms with E-state index in [1.54, 1.807) is 25.4 Å². The van der Waals surface area contributed by atoms with Crippen molar-refractivity contribution in [3.63, 3.8) is 0 Å². The molecule has 2 rings (SSSR count). The van der Waals surface area contributed by atoms with Gasteiger partial charge in [0.2, 0.25) is 5.91 Å². The molecule has 0 aromatic carbocycles. The van der Waals surface area contributed by atoms with E-state index in [0.29, 0.717) is 15.7 Å². The van der Waals surface area contributed by atoms with Gasteiger partial charge in [0.25, 0.3) is 0 Å². The monoisotopic (exact) mass is 347 g/mol. The maximum Gasteiger partial charge on any atom is 0.411 e. The van der Waals surface area contributed by atoms with E-state index in [1.807, 2.05) is 6.07 Å². The number of hydrogen-bond donors (Lipinski definition) is 1. The maximum absolute atomic E-state index is 12.3. The van der Waals surface area contributed by atoms with E-state index in [0.717, 1.165) is 5.56 Å². The lowest BCUT2D eigenvalue weighted by Crippen LogP contribution is -2.42. The number of nitrogens with zero attached hydrogens (tertiary/aromatic N) is 2. The molecular formula is C14H16F3N3O2S. The molecule has 2 aromatic rings. The first-order valence-electron chi connectivity index (χ1n) is 6.64. The molecule has 0 fully saturated rings. The van der Waals surface area contributed by atoms with Crippen molar-refractivity contribution < 1.29 is 22.6 Å². The number of aryl methyl sites for hydroxylation is 1. The zero-order chi connectivity index (χ0) is 17.1. The first-order chi connectivity index (χ1) is 10.7. The van der Waals surface area contributed by atoms with Crippen molar-refractivity contribution in [2.75, 3.05) is 19.0 Å². The predicted molar refractivity (Wildman–Crippen MR) is 81.1 cm³/mol. The standard InChI is InChI=1S/C14H16F3N3O2S/c1-9-11(20-13(2,21-3)22-8-14(15,16)17)23-12(19-9)10-5-4-6-18-7-10/h4-7,20H,8H2,1-3H3. The second kappa shape index (κ2) is 6.81. The van der Waals surface area contributed by atoms with E-state index >= 15 is 0 Å². The summed E-state index contributed by atoms with van der Waals surface area (Å²) in [6.07, 6.45) is -1.13. The van der Waals surface area contributed by atoms with Gasteiger partial charge < -0.3 is 14.8 Å². The van der Waals surface area contributed by atoms with Crippen molar-refractivity contribution in [1.82, 2.24) is 9.97 Å². The van der Waals surface area contributed by atoms with Crippen LogP contribution in [0.1, 0.15) is 12.6 Å². The number of thiazole rings is 1. The van der Waals surface area contributed by atoms with Gasteiger partial charge in [0.05, 0.1) is 5.69 Å². The lowest BCUT2D eigenvalue weighted by molar-refractivity contribution is -0.256. The molecule has 0 aliphatic carbocycles. The number of rotatable bonds is 6.